The highest BCUT2D eigenvalue weighted by atomic mass is 35.5. The molecule has 1 aromatic heterocycles. The normalized spacial score (nSPS) is 11.7. The van der Waals surface area contributed by atoms with E-state index in [0.29, 0.717) is 45.7 Å². The molecular formula is C31H61ClN6O3. The number of imidazole rings is 1. The number of nitrogens with zero attached hydrogens (tertiary/aromatic N) is 1. The van der Waals surface area contributed by atoms with Gasteiger partial charge in [0.15, 0.2) is 0 Å². The molecule has 0 saturated carbocycles. The van der Waals surface area contributed by atoms with Crippen LogP contribution in [0, 0.1) is 0 Å². The Bertz CT molecular complexity index is 708. The molecule has 1 aromatic rings. The monoisotopic (exact) mass is 600 g/mol. The predicted octanol–water partition coefficient (Wildman–Crippen LogP) is 5.19. The van der Waals surface area contributed by atoms with Gasteiger partial charge in [0.1, 0.15) is 6.04 Å². The second kappa shape index (κ2) is 29.8. The van der Waals surface area contributed by atoms with E-state index in [1.165, 1.54) is 96.3 Å². The summed E-state index contributed by atoms with van der Waals surface area (Å²) < 4.78 is 5.30. The maximum Gasteiger partial charge on any atom is 0.243 e. The van der Waals surface area contributed by atoms with Crippen molar-refractivity contribution in [3.05, 3.63) is 18.2 Å². The Labute approximate surface area is 256 Å². The maximum absolute atomic E-state index is 12.6. The average molecular weight is 601 g/mol. The lowest BCUT2D eigenvalue weighted by Gasteiger charge is -2.18. The number of carbonyl (C=O) groups excluding carboxylic acids is 2. The molecule has 0 bridgehead atoms. The number of rotatable bonds is 29. The first-order chi connectivity index (χ1) is 19.7. The molecule has 0 radical (unpaired) electrons. The van der Waals surface area contributed by atoms with Crippen molar-refractivity contribution in [2.45, 2.75) is 129 Å². The third kappa shape index (κ3) is 24.6. The van der Waals surface area contributed by atoms with E-state index in [4.69, 9.17) is 10.5 Å². The Morgan fingerprint density at radius 1 is 0.854 bits per heavy atom. The topological polar surface area (TPSA) is 134 Å². The van der Waals surface area contributed by atoms with Crippen LogP contribution in [0.15, 0.2) is 12.5 Å². The number of nitrogens with two attached hydrogens (primary N) is 1. The number of amides is 2. The van der Waals surface area contributed by atoms with Crippen LogP contribution in [-0.2, 0) is 20.7 Å². The Morgan fingerprint density at radius 2 is 1.44 bits per heavy atom. The van der Waals surface area contributed by atoms with Gasteiger partial charge in [-0.05, 0) is 13.0 Å². The summed E-state index contributed by atoms with van der Waals surface area (Å²) in [4.78, 5) is 32.1. The third-order valence-corrected chi connectivity index (χ3v) is 7.17. The molecule has 9 nitrogen and oxygen atoms in total. The van der Waals surface area contributed by atoms with Crippen LogP contribution in [0.5, 0.6) is 0 Å². The second-order valence-corrected chi connectivity index (χ2v) is 10.9. The number of hydrogen-bond acceptors (Lipinski definition) is 6. The zero-order valence-electron chi connectivity index (χ0n) is 25.9. The first-order valence-corrected chi connectivity index (χ1v) is 16.2. The minimum atomic E-state index is -0.664. The van der Waals surface area contributed by atoms with E-state index < -0.39 is 6.04 Å². The Hall–Kier alpha value is -1.68. The number of unbranched alkanes of at least 4 members (excludes halogenated alkanes) is 15. The molecule has 1 atom stereocenters. The lowest BCUT2D eigenvalue weighted by Crippen LogP contribution is -2.49. The third-order valence-electron chi connectivity index (χ3n) is 7.17. The molecule has 2 amide bonds. The standard InChI is InChI=1S/C31H60N6O3.ClH/c1-2-3-4-5-6-7-8-9-10-11-12-13-14-15-16-17-20-33-21-18-30(38)37-29(25-28-26-34-27-36-28)31(39)35-22-24-40-23-19-32;/h26-27,29,33H,2-25,32H2,1H3,(H,34,36)(H,35,39)(H,37,38);1H/t29-;/m0./s1. The highest BCUT2D eigenvalue weighted by molar-refractivity contribution is 5.87. The fraction of sp³-hybridized carbons (Fsp3) is 0.839. The number of aromatic nitrogens is 2. The lowest BCUT2D eigenvalue weighted by atomic mass is 10.0. The molecule has 1 heterocycles. The van der Waals surface area contributed by atoms with Crippen LogP contribution in [-0.4, -0.2) is 67.2 Å². The number of ether oxygens (including phenoxy) is 1. The van der Waals surface area contributed by atoms with Crippen LogP contribution in [0.2, 0.25) is 0 Å². The molecule has 0 aliphatic heterocycles. The number of H-pyrrole nitrogens is 1. The van der Waals surface area contributed by atoms with Gasteiger partial charge in [-0.15, -0.1) is 12.4 Å². The van der Waals surface area contributed by atoms with Crippen LogP contribution in [0.4, 0.5) is 0 Å². The Kier molecular flexibility index (Phi) is 28.6. The number of halogens is 1. The van der Waals surface area contributed by atoms with Gasteiger partial charge >= 0.3 is 0 Å². The van der Waals surface area contributed by atoms with Gasteiger partial charge in [-0.1, -0.05) is 103 Å². The van der Waals surface area contributed by atoms with E-state index >= 15 is 0 Å². The second-order valence-electron chi connectivity index (χ2n) is 10.9. The molecule has 41 heavy (non-hydrogen) atoms. The van der Waals surface area contributed by atoms with E-state index in [0.717, 1.165) is 18.7 Å². The number of hydrogen-bond donors (Lipinski definition) is 5. The van der Waals surface area contributed by atoms with Crippen molar-refractivity contribution in [2.24, 2.45) is 5.73 Å². The average Bonchev–Trinajstić information content (AvgIpc) is 3.47. The van der Waals surface area contributed by atoms with Crippen LogP contribution in [0.25, 0.3) is 0 Å². The van der Waals surface area contributed by atoms with Gasteiger partial charge in [-0.25, -0.2) is 4.98 Å². The van der Waals surface area contributed by atoms with Crippen molar-refractivity contribution in [1.82, 2.24) is 25.9 Å². The first-order valence-electron chi connectivity index (χ1n) is 16.2. The molecule has 10 heteroatoms. The van der Waals surface area contributed by atoms with Crippen molar-refractivity contribution >= 4 is 24.2 Å². The minimum absolute atomic E-state index is 0. The van der Waals surface area contributed by atoms with Gasteiger partial charge < -0.3 is 31.4 Å². The molecular weight excluding hydrogens is 540 g/mol. The molecule has 0 unspecified atom stereocenters. The molecule has 1 rings (SSSR count). The molecule has 0 aliphatic carbocycles. The van der Waals surface area contributed by atoms with Crippen LogP contribution < -0.4 is 21.7 Å². The summed E-state index contributed by atoms with van der Waals surface area (Å²) in [5.74, 6) is -0.376. The predicted molar refractivity (Wildman–Crippen MR) is 171 cm³/mol. The van der Waals surface area contributed by atoms with E-state index in [9.17, 15) is 9.59 Å². The number of carbonyl (C=O) groups is 2. The van der Waals surface area contributed by atoms with Crippen LogP contribution >= 0.6 is 12.4 Å². The summed E-state index contributed by atoms with van der Waals surface area (Å²) in [5, 5.41) is 9.05. The molecule has 240 valence electrons. The summed E-state index contributed by atoms with van der Waals surface area (Å²) in [6.45, 7) is 5.46. The fourth-order valence-electron chi connectivity index (χ4n) is 4.77. The summed E-state index contributed by atoms with van der Waals surface area (Å²) in [6, 6.07) is -0.664. The fourth-order valence-corrected chi connectivity index (χ4v) is 4.77. The number of aromatic amines is 1. The summed E-state index contributed by atoms with van der Waals surface area (Å²) in [6.07, 6.45) is 25.8. The Balaban J connectivity index is 0.0000160. The molecule has 0 aromatic carbocycles. The zero-order chi connectivity index (χ0) is 28.9. The maximum atomic E-state index is 12.6. The van der Waals surface area contributed by atoms with E-state index in [1.54, 1.807) is 12.5 Å². The molecule has 6 N–H and O–H groups in total. The van der Waals surface area contributed by atoms with Gasteiger partial charge in [-0.2, -0.15) is 0 Å². The lowest BCUT2D eigenvalue weighted by molar-refractivity contribution is -0.129. The SMILES string of the molecule is CCCCCCCCCCCCCCCCCCNCCC(=O)N[C@@H](Cc1cnc[nH]1)C(=O)NCCOCCN.Cl. The highest BCUT2D eigenvalue weighted by Gasteiger charge is 2.21. The first kappa shape index (κ1) is 39.3. The van der Waals surface area contributed by atoms with E-state index in [2.05, 4.69) is 32.8 Å². The molecule has 0 aliphatic rings. The van der Waals surface area contributed by atoms with Gasteiger partial charge in [0, 0.05) is 44.4 Å². The minimum Gasteiger partial charge on any atom is -0.378 e. The van der Waals surface area contributed by atoms with Gasteiger partial charge in [0.05, 0.1) is 19.5 Å². The molecule has 0 spiro atoms. The van der Waals surface area contributed by atoms with Gasteiger partial charge in [0.25, 0.3) is 0 Å². The van der Waals surface area contributed by atoms with Crippen molar-refractivity contribution in [1.29, 1.82) is 0 Å². The highest BCUT2D eigenvalue weighted by Crippen LogP contribution is 2.13. The van der Waals surface area contributed by atoms with Crippen LogP contribution in [0.1, 0.15) is 122 Å². The van der Waals surface area contributed by atoms with Gasteiger partial charge in [-0.3, -0.25) is 9.59 Å². The summed E-state index contributed by atoms with van der Waals surface area (Å²) in [7, 11) is 0. The smallest absolute Gasteiger partial charge is 0.243 e. The van der Waals surface area contributed by atoms with E-state index in [-0.39, 0.29) is 24.2 Å². The number of nitrogens with one attached hydrogen (secondary N) is 4. The molecule has 0 saturated heterocycles. The van der Waals surface area contributed by atoms with Crippen molar-refractivity contribution in [3.8, 4) is 0 Å². The zero-order valence-corrected chi connectivity index (χ0v) is 26.7. The van der Waals surface area contributed by atoms with Crippen LogP contribution in [0.3, 0.4) is 0 Å². The molecule has 0 fully saturated rings. The van der Waals surface area contributed by atoms with Gasteiger partial charge in [0.2, 0.25) is 11.8 Å². The van der Waals surface area contributed by atoms with E-state index in [1.807, 2.05) is 0 Å². The van der Waals surface area contributed by atoms with Crippen molar-refractivity contribution < 1.29 is 14.3 Å². The Morgan fingerprint density at radius 3 is 1.98 bits per heavy atom. The quantitative estimate of drug-likeness (QED) is 0.0803. The summed E-state index contributed by atoms with van der Waals surface area (Å²) in [5.41, 5.74) is 6.19. The van der Waals surface area contributed by atoms with Crippen molar-refractivity contribution in [2.75, 3.05) is 39.4 Å². The summed E-state index contributed by atoms with van der Waals surface area (Å²) >= 11 is 0. The largest absolute Gasteiger partial charge is 0.378 e. The van der Waals surface area contributed by atoms with Crippen molar-refractivity contribution in [3.63, 3.8) is 0 Å².